The number of sulfonamides is 1. The van der Waals surface area contributed by atoms with E-state index >= 15 is 0 Å². The van der Waals surface area contributed by atoms with Crippen LogP contribution in [-0.4, -0.2) is 20.1 Å². The number of aliphatic hydroxyl groups is 1. The lowest BCUT2D eigenvalue weighted by molar-refractivity contribution is 0.0627. The molecule has 0 bridgehead atoms. The zero-order chi connectivity index (χ0) is 16.4. The molecular formula is C15H15Cl2NO3S. The molecule has 2 aromatic carbocycles. The summed E-state index contributed by atoms with van der Waals surface area (Å²) < 4.78 is 26.8. The van der Waals surface area contributed by atoms with Crippen molar-refractivity contribution in [3.8, 4) is 0 Å². The molecule has 7 heteroatoms. The van der Waals surface area contributed by atoms with Gasteiger partial charge in [-0.05, 0) is 48.9 Å². The maximum atomic E-state index is 12.2. The Morgan fingerprint density at radius 1 is 1.00 bits per heavy atom. The summed E-state index contributed by atoms with van der Waals surface area (Å²) in [6, 6.07) is 12.4. The van der Waals surface area contributed by atoms with Crippen LogP contribution in [0.5, 0.6) is 0 Å². The van der Waals surface area contributed by atoms with E-state index in [0.717, 1.165) is 0 Å². The molecule has 0 aliphatic carbocycles. The van der Waals surface area contributed by atoms with Gasteiger partial charge in [0.15, 0.2) is 0 Å². The van der Waals surface area contributed by atoms with E-state index in [9.17, 15) is 13.5 Å². The monoisotopic (exact) mass is 359 g/mol. The van der Waals surface area contributed by atoms with Gasteiger partial charge >= 0.3 is 0 Å². The Bertz CT molecular complexity index is 741. The summed E-state index contributed by atoms with van der Waals surface area (Å²) in [7, 11) is -3.72. The summed E-state index contributed by atoms with van der Waals surface area (Å²) in [5, 5.41) is 11.4. The van der Waals surface area contributed by atoms with Gasteiger partial charge in [-0.1, -0.05) is 35.3 Å². The van der Waals surface area contributed by atoms with E-state index in [4.69, 9.17) is 23.2 Å². The first-order valence-corrected chi connectivity index (χ1v) is 8.68. The van der Waals surface area contributed by atoms with Crippen molar-refractivity contribution in [2.75, 3.05) is 6.54 Å². The number of nitrogens with one attached hydrogen (secondary N) is 1. The summed E-state index contributed by atoms with van der Waals surface area (Å²) in [4.78, 5) is 0.0869. The predicted octanol–water partition coefficient (Wildman–Crippen LogP) is 3.18. The van der Waals surface area contributed by atoms with Gasteiger partial charge in [0.2, 0.25) is 10.0 Å². The van der Waals surface area contributed by atoms with Gasteiger partial charge in [0.05, 0.1) is 4.90 Å². The van der Waals surface area contributed by atoms with Gasteiger partial charge in [-0.25, -0.2) is 13.1 Å². The molecule has 0 saturated heterocycles. The molecule has 0 aliphatic heterocycles. The first-order valence-electron chi connectivity index (χ1n) is 6.44. The van der Waals surface area contributed by atoms with Crippen molar-refractivity contribution in [2.24, 2.45) is 0 Å². The molecule has 0 fully saturated rings. The Labute approximate surface area is 139 Å². The topological polar surface area (TPSA) is 66.4 Å². The van der Waals surface area contributed by atoms with Crippen molar-refractivity contribution in [2.45, 2.75) is 17.4 Å². The van der Waals surface area contributed by atoms with E-state index < -0.39 is 15.6 Å². The quantitative estimate of drug-likeness (QED) is 0.861. The molecule has 1 atom stereocenters. The molecule has 0 heterocycles. The lowest BCUT2D eigenvalue weighted by Gasteiger charge is -2.24. The Hall–Kier alpha value is -1.11. The first kappa shape index (κ1) is 17.2. The molecule has 0 amide bonds. The van der Waals surface area contributed by atoms with E-state index in [2.05, 4.69) is 4.72 Å². The van der Waals surface area contributed by atoms with Crippen molar-refractivity contribution < 1.29 is 13.5 Å². The standard InChI is InChI=1S/C15H15Cl2NO3S/c1-15(19,11-2-4-12(16)5-3-11)10-18-22(20,21)14-8-6-13(17)7-9-14/h2-9,18-19H,10H2,1H3. The molecule has 2 aromatic rings. The first-order chi connectivity index (χ1) is 10.2. The molecule has 0 spiro atoms. The lowest BCUT2D eigenvalue weighted by atomic mass is 9.97. The average molecular weight is 360 g/mol. The van der Waals surface area contributed by atoms with E-state index in [-0.39, 0.29) is 11.4 Å². The van der Waals surface area contributed by atoms with Gasteiger partial charge in [-0.2, -0.15) is 0 Å². The Morgan fingerprint density at radius 3 is 1.95 bits per heavy atom. The van der Waals surface area contributed by atoms with Crippen LogP contribution in [0.4, 0.5) is 0 Å². The van der Waals surface area contributed by atoms with E-state index in [1.807, 2.05) is 0 Å². The SMILES string of the molecule is CC(O)(CNS(=O)(=O)c1ccc(Cl)cc1)c1ccc(Cl)cc1. The molecule has 4 nitrogen and oxygen atoms in total. The molecule has 0 radical (unpaired) electrons. The molecule has 0 saturated carbocycles. The fourth-order valence-corrected chi connectivity index (χ4v) is 3.23. The van der Waals surface area contributed by atoms with E-state index in [0.29, 0.717) is 15.6 Å². The highest BCUT2D eigenvalue weighted by atomic mass is 35.5. The maximum Gasteiger partial charge on any atom is 0.240 e. The third kappa shape index (κ3) is 4.21. The minimum absolute atomic E-state index is 0.0869. The average Bonchev–Trinajstić information content (AvgIpc) is 2.46. The summed E-state index contributed by atoms with van der Waals surface area (Å²) in [5.74, 6) is 0. The van der Waals surface area contributed by atoms with Gasteiger partial charge in [0, 0.05) is 16.6 Å². The van der Waals surface area contributed by atoms with Gasteiger partial charge in [0.25, 0.3) is 0 Å². The van der Waals surface area contributed by atoms with E-state index in [1.54, 1.807) is 24.3 Å². The molecule has 0 aromatic heterocycles. The van der Waals surface area contributed by atoms with Crippen LogP contribution < -0.4 is 4.72 Å². The Kier molecular flexibility index (Phi) is 5.14. The Morgan fingerprint density at radius 2 is 1.45 bits per heavy atom. The van der Waals surface area contributed by atoms with Gasteiger partial charge in [-0.15, -0.1) is 0 Å². The van der Waals surface area contributed by atoms with Crippen LogP contribution in [0.2, 0.25) is 10.0 Å². The fourth-order valence-electron chi connectivity index (χ4n) is 1.84. The summed E-state index contributed by atoms with van der Waals surface area (Å²) in [6.45, 7) is 1.36. The van der Waals surface area contributed by atoms with Crippen LogP contribution in [-0.2, 0) is 15.6 Å². The highest BCUT2D eigenvalue weighted by Crippen LogP contribution is 2.22. The number of halogens is 2. The molecule has 1 unspecified atom stereocenters. The molecule has 2 rings (SSSR count). The molecule has 0 aliphatic rings. The van der Waals surface area contributed by atoms with E-state index in [1.165, 1.54) is 31.2 Å². The summed E-state index contributed by atoms with van der Waals surface area (Å²) in [5.41, 5.74) is -0.792. The highest BCUT2D eigenvalue weighted by molar-refractivity contribution is 7.89. The smallest absolute Gasteiger partial charge is 0.240 e. The Balaban J connectivity index is 2.13. The summed E-state index contributed by atoms with van der Waals surface area (Å²) in [6.07, 6.45) is 0. The third-order valence-electron chi connectivity index (χ3n) is 3.20. The minimum Gasteiger partial charge on any atom is -0.384 e. The highest BCUT2D eigenvalue weighted by Gasteiger charge is 2.26. The number of hydrogen-bond acceptors (Lipinski definition) is 3. The van der Waals surface area contributed by atoms with Crippen LogP contribution >= 0.6 is 23.2 Å². The molecular weight excluding hydrogens is 345 g/mol. The maximum absolute atomic E-state index is 12.2. The van der Waals surface area contributed by atoms with Crippen molar-refractivity contribution >= 4 is 33.2 Å². The van der Waals surface area contributed by atoms with Crippen LogP contribution in [0, 0.1) is 0 Å². The number of benzene rings is 2. The second kappa shape index (κ2) is 6.56. The van der Waals surface area contributed by atoms with Gasteiger partial charge in [-0.3, -0.25) is 0 Å². The van der Waals surface area contributed by atoms with Crippen LogP contribution in [0.1, 0.15) is 12.5 Å². The van der Waals surface area contributed by atoms with Crippen molar-refractivity contribution in [3.63, 3.8) is 0 Å². The van der Waals surface area contributed by atoms with Crippen molar-refractivity contribution in [1.29, 1.82) is 0 Å². The molecule has 2 N–H and O–H groups in total. The molecule has 118 valence electrons. The van der Waals surface area contributed by atoms with Crippen molar-refractivity contribution in [1.82, 2.24) is 4.72 Å². The van der Waals surface area contributed by atoms with Gasteiger partial charge in [0.1, 0.15) is 5.60 Å². The fraction of sp³-hybridized carbons (Fsp3) is 0.200. The second-order valence-corrected chi connectivity index (χ2v) is 7.70. The zero-order valence-corrected chi connectivity index (χ0v) is 14.1. The van der Waals surface area contributed by atoms with Crippen LogP contribution in [0.25, 0.3) is 0 Å². The van der Waals surface area contributed by atoms with Crippen molar-refractivity contribution in [3.05, 3.63) is 64.1 Å². The van der Waals surface area contributed by atoms with Gasteiger partial charge < -0.3 is 5.11 Å². The number of hydrogen-bond donors (Lipinski definition) is 2. The predicted molar refractivity (Wildman–Crippen MR) is 87.7 cm³/mol. The normalized spacial score (nSPS) is 14.5. The lowest BCUT2D eigenvalue weighted by Crippen LogP contribution is -2.38. The third-order valence-corrected chi connectivity index (χ3v) is 5.12. The minimum atomic E-state index is -3.72. The van der Waals surface area contributed by atoms with Crippen LogP contribution in [0.15, 0.2) is 53.4 Å². The van der Waals surface area contributed by atoms with Crippen LogP contribution in [0.3, 0.4) is 0 Å². The number of rotatable bonds is 5. The summed E-state index contributed by atoms with van der Waals surface area (Å²) >= 11 is 11.5. The zero-order valence-electron chi connectivity index (χ0n) is 11.8. The second-order valence-electron chi connectivity index (χ2n) is 5.06. The molecule has 22 heavy (non-hydrogen) atoms. The largest absolute Gasteiger partial charge is 0.384 e.